The lowest BCUT2D eigenvalue weighted by Crippen LogP contribution is -2.34. The van der Waals surface area contributed by atoms with Gasteiger partial charge in [-0.05, 0) is 31.0 Å². The van der Waals surface area contributed by atoms with Crippen LogP contribution >= 0.6 is 12.4 Å². The van der Waals surface area contributed by atoms with E-state index in [1.807, 2.05) is 13.8 Å². The topological polar surface area (TPSA) is 79.8 Å². The highest BCUT2D eigenvalue weighted by Gasteiger charge is 2.25. The van der Waals surface area contributed by atoms with Gasteiger partial charge in [-0.25, -0.2) is 0 Å². The van der Waals surface area contributed by atoms with E-state index in [-0.39, 0.29) is 24.2 Å². The number of halogens is 1. The van der Waals surface area contributed by atoms with E-state index in [0.29, 0.717) is 43.4 Å². The Morgan fingerprint density at radius 1 is 1.20 bits per heavy atom. The highest BCUT2D eigenvalue weighted by molar-refractivity contribution is 5.94. The lowest BCUT2D eigenvalue weighted by atomic mass is 10.1. The molecule has 1 heterocycles. The molecule has 0 aromatic heterocycles. The number of carbonyl (C=O) groups is 1. The molecule has 2 rings (SSSR count). The van der Waals surface area contributed by atoms with Crippen LogP contribution < -0.4 is 20.1 Å². The second kappa shape index (κ2) is 11.2. The third-order valence-electron chi connectivity index (χ3n) is 3.96. The van der Waals surface area contributed by atoms with Crippen LogP contribution in [-0.2, 0) is 0 Å². The molecule has 2 atom stereocenters. The summed E-state index contributed by atoms with van der Waals surface area (Å²) in [4.78, 5) is 12.3. The maximum atomic E-state index is 12.3. The minimum atomic E-state index is -0.404. The SMILES string of the molecule is CCCOc1ccc(C(=O)NCC2CNCC2O)cc1OCCC.Cl. The first-order chi connectivity index (χ1) is 11.7. The van der Waals surface area contributed by atoms with E-state index in [1.165, 1.54) is 0 Å². The van der Waals surface area contributed by atoms with Gasteiger partial charge in [0.2, 0.25) is 0 Å². The van der Waals surface area contributed by atoms with Gasteiger partial charge in [0.25, 0.3) is 5.91 Å². The first-order valence-electron chi connectivity index (χ1n) is 8.72. The van der Waals surface area contributed by atoms with Gasteiger partial charge in [-0.1, -0.05) is 13.8 Å². The minimum Gasteiger partial charge on any atom is -0.490 e. The average molecular weight is 373 g/mol. The molecule has 0 saturated carbocycles. The molecule has 1 aliphatic heterocycles. The summed E-state index contributed by atoms with van der Waals surface area (Å²) >= 11 is 0. The van der Waals surface area contributed by atoms with Crippen molar-refractivity contribution >= 4 is 18.3 Å². The largest absolute Gasteiger partial charge is 0.490 e. The fourth-order valence-electron chi connectivity index (χ4n) is 2.56. The number of aliphatic hydroxyl groups is 1. The van der Waals surface area contributed by atoms with Gasteiger partial charge in [-0.2, -0.15) is 0 Å². The number of β-amino-alcohol motifs (C(OH)–C–C–N with tert-alkyl or cyclic N) is 1. The van der Waals surface area contributed by atoms with Gasteiger partial charge in [0, 0.05) is 31.1 Å². The molecule has 1 saturated heterocycles. The number of hydrogen-bond donors (Lipinski definition) is 3. The Morgan fingerprint density at radius 2 is 1.88 bits per heavy atom. The lowest BCUT2D eigenvalue weighted by molar-refractivity contribution is 0.0926. The number of rotatable bonds is 9. The molecule has 6 nitrogen and oxygen atoms in total. The Bertz CT molecular complexity index is 542. The van der Waals surface area contributed by atoms with Gasteiger partial charge in [0.1, 0.15) is 0 Å². The van der Waals surface area contributed by atoms with Crippen molar-refractivity contribution in [3.8, 4) is 11.5 Å². The molecule has 1 amide bonds. The van der Waals surface area contributed by atoms with Crippen molar-refractivity contribution < 1.29 is 19.4 Å². The zero-order valence-electron chi connectivity index (χ0n) is 14.9. The van der Waals surface area contributed by atoms with Gasteiger partial charge in [-0.15, -0.1) is 12.4 Å². The zero-order chi connectivity index (χ0) is 17.4. The summed E-state index contributed by atoms with van der Waals surface area (Å²) in [5, 5.41) is 15.8. The first kappa shape index (κ1) is 21.5. The Morgan fingerprint density at radius 3 is 2.48 bits per heavy atom. The van der Waals surface area contributed by atoms with Crippen LogP contribution in [0.15, 0.2) is 18.2 Å². The summed E-state index contributed by atoms with van der Waals surface area (Å²) in [6, 6.07) is 5.24. The zero-order valence-corrected chi connectivity index (χ0v) is 15.7. The molecule has 1 fully saturated rings. The van der Waals surface area contributed by atoms with Crippen LogP contribution in [-0.4, -0.2) is 50.0 Å². The highest BCUT2D eigenvalue weighted by Crippen LogP contribution is 2.29. The number of carbonyl (C=O) groups excluding carboxylic acids is 1. The van der Waals surface area contributed by atoms with Crippen molar-refractivity contribution in [2.75, 3.05) is 32.8 Å². The van der Waals surface area contributed by atoms with E-state index in [0.717, 1.165) is 19.4 Å². The van der Waals surface area contributed by atoms with Crippen LogP contribution in [0.25, 0.3) is 0 Å². The number of amides is 1. The average Bonchev–Trinajstić information content (AvgIpc) is 3.01. The first-order valence-corrected chi connectivity index (χ1v) is 8.72. The summed E-state index contributed by atoms with van der Waals surface area (Å²) < 4.78 is 11.4. The van der Waals surface area contributed by atoms with Crippen molar-refractivity contribution in [2.24, 2.45) is 5.92 Å². The van der Waals surface area contributed by atoms with E-state index in [9.17, 15) is 9.90 Å². The van der Waals surface area contributed by atoms with E-state index in [2.05, 4.69) is 10.6 Å². The van der Waals surface area contributed by atoms with Gasteiger partial charge in [0.05, 0.1) is 19.3 Å². The van der Waals surface area contributed by atoms with Crippen molar-refractivity contribution in [3.63, 3.8) is 0 Å². The fraction of sp³-hybridized carbons (Fsp3) is 0.611. The number of ether oxygens (including phenoxy) is 2. The van der Waals surface area contributed by atoms with Crippen molar-refractivity contribution in [1.82, 2.24) is 10.6 Å². The summed E-state index contributed by atoms with van der Waals surface area (Å²) in [5.41, 5.74) is 0.533. The number of hydrogen-bond acceptors (Lipinski definition) is 5. The van der Waals surface area contributed by atoms with Gasteiger partial charge >= 0.3 is 0 Å². The molecule has 7 heteroatoms. The minimum absolute atomic E-state index is 0. The standard InChI is InChI=1S/C18H28N2O4.ClH/c1-3-7-23-16-6-5-13(9-17(16)24-8-4-2)18(22)20-11-14-10-19-12-15(14)21;/h5-6,9,14-15,19,21H,3-4,7-8,10-12H2,1-2H3,(H,20,22);1H. The predicted octanol–water partition coefficient (Wildman–Crippen LogP) is 2.00. The van der Waals surface area contributed by atoms with Gasteiger partial charge in [-0.3, -0.25) is 4.79 Å². The molecule has 2 unspecified atom stereocenters. The third-order valence-corrected chi connectivity index (χ3v) is 3.96. The summed E-state index contributed by atoms with van der Waals surface area (Å²) in [7, 11) is 0. The molecule has 0 aliphatic carbocycles. The van der Waals surface area contributed by atoms with Crippen LogP contribution in [0.3, 0.4) is 0 Å². The maximum absolute atomic E-state index is 12.3. The van der Waals surface area contributed by atoms with E-state index < -0.39 is 6.10 Å². The molecule has 1 aromatic rings. The Hall–Kier alpha value is -1.50. The normalized spacial score (nSPS) is 19.2. The molecule has 142 valence electrons. The van der Waals surface area contributed by atoms with Gasteiger partial charge in [0.15, 0.2) is 11.5 Å². The smallest absolute Gasteiger partial charge is 0.251 e. The van der Waals surface area contributed by atoms with E-state index in [4.69, 9.17) is 9.47 Å². The Kier molecular flexibility index (Phi) is 9.63. The van der Waals surface area contributed by atoms with Crippen molar-refractivity contribution in [1.29, 1.82) is 0 Å². The third kappa shape index (κ3) is 6.38. The lowest BCUT2D eigenvalue weighted by Gasteiger charge is -2.16. The number of aliphatic hydroxyl groups excluding tert-OH is 1. The molecular formula is C18H29ClN2O4. The van der Waals surface area contributed by atoms with Crippen molar-refractivity contribution in [2.45, 2.75) is 32.8 Å². The van der Waals surface area contributed by atoms with Crippen LogP contribution in [0.2, 0.25) is 0 Å². The van der Waals surface area contributed by atoms with Crippen molar-refractivity contribution in [3.05, 3.63) is 23.8 Å². The Balaban J connectivity index is 0.00000312. The highest BCUT2D eigenvalue weighted by atomic mass is 35.5. The maximum Gasteiger partial charge on any atom is 0.251 e. The fourth-order valence-corrected chi connectivity index (χ4v) is 2.56. The van der Waals surface area contributed by atoms with E-state index in [1.54, 1.807) is 18.2 Å². The second-order valence-electron chi connectivity index (χ2n) is 6.05. The van der Waals surface area contributed by atoms with E-state index >= 15 is 0 Å². The summed E-state index contributed by atoms with van der Waals surface area (Å²) in [6.45, 7) is 7.01. The molecule has 0 spiro atoms. The molecule has 25 heavy (non-hydrogen) atoms. The van der Waals surface area contributed by atoms with Crippen LogP contribution in [0.5, 0.6) is 11.5 Å². The van der Waals surface area contributed by atoms with Crippen LogP contribution in [0, 0.1) is 5.92 Å². The molecule has 1 aromatic carbocycles. The van der Waals surface area contributed by atoms with Crippen LogP contribution in [0.4, 0.5) is 0 Å². The predicted molar refractivity (Wildman–Crippen MR) is 100.0 cm³/mol. The molecular weight excluding hydrogens is 344 g/mol. The molecule has 0 radical (unpaired) electrons. The quantitative estimate of drug-likeness (QED) is 0.617. The summed E-state index contributed by atoms with van der Waals surface area (Å²) in [5.74, 6) is 1.15. The Labute approximate surface area is 155 Å². The second-order valence-corrected chi connectivity index (χ2v) is 6.05. The number of benzene rings is 1. The van der Waals surface area contributed by atoms with Gasteiger partial charge < -0.3 is 25.2 Å². The molecule has 1 aliphatic rings. The number of nitrogens with one attached hydrogen (secondary N) is 2. The molecule has 0 bridgehead atoms. The summed E-state index contributed by atoms with van der Waals surface area (Å²) in [6.07, 6.45) is 1.39. The monoisotopic (exact) mass is 372 g/mol. The van der Waals surface area contributed by atoms with Crippen LogP contribution in [0.1, 0.15) is 37.0 Å². The molecule has 3 N–H and O–H groups in total.